The smallest absolute Gasteiger partial charge is 0.0506 e. The third kappa shape index (κ3) is 4.22. The maximum absolute atomic E-state index is 5.58. The quantitative estimate of drug-likeness (QED) is 0.814. The Morgan fingerprint density at radius 1 is 1.17 bits per heavy atom. The summed E-state index contributed by atoms with van der Waals surface area (Å²) in [7, 11) is 2.31. The number of ether oxygens (including phenoxy) is 1. The van der Waals surface area contributed by atoms with Crippen LogP contribution in [0, 0.1) is 5.92 Å². The van der Waals surface area contributed by atoms with E-state index in [0.717, 1.165) is 37.8 Å². The van der Waals surface area contributed by atoms with E-state index in [4.69, 9.17) is 4.74 Å². The van der Waals surface area contributed by atoms with Crippen molar-refractivity contribution in [1.82, 2.24) is 10.2 Å². The molecule has 0 amide bonds. The maximum Gasteiger partial charge on any atom is 0.0506 e. The van der Waals surface area contributed by atoms with Crippen molar-refractivity contribution in [3.8, 4) is 0 Å². The van der Waals surface area contributed by atoms with Crippen LogP contribution in [0.1, 0.15) is 45.4 Å². The van der Waals surface area contributed by atoms with E-state index in [9.17, 15) is 0 Å². The van der Waals surface area contributed by atoms with Crippen molar-refractivity contribution >= 4 is 0 Å². The average Bonchev–Trinajstić information content (AvgIpc) is 2.41. The third-order valence-electron chi connectivity index (χ3n) is 4.61. The molecule has 0 aromatic rings. The van der Waals surface area contributed by atoms with E-state index in [1.807, 2.05) is 0 Å². The summed E-state index contributed by atoms with van der Waals surface area (Å²) in [5.74, 6) is 0.773. The average molecular weight is 254 g/mol. The minimum Gasteiger partial charge on any atom is -0.381 e. The summed E-state index contributed by atoms with van der Waals surface area (Å²) < 4.78 is 5.58. The minimum absolute atomic E-state index is 0.773. The minimum atomic E-state index is 0.773. The van der Waals surface area contributed by atoms with Crippen LogP contribution < -0.4 is 5.32 Å². The summed E-state index contributed by atoms with van der Waals surface area (Å²) in [6.07, 6.45) is 8.04. The highest BCUT2D eigenvalue weighted by molar-refractivity contribution is 4.82. The summed E-state index contributed by atoms with van der Waals surface area (Å²) in [6.45, 7) is 6.52. The highest BCUT2D eigenvalue weighted by Gasteiger charge is 2.25. The van der Waals surface area contributed by atoms with Crippen LogP contribution in [0.15, 0.2) is 0 Å². The number of hydrogen-bond donors (Lipinski definition) is 1. The lowest BCUT2D eigenvalue weighted by Gasteiger charge is -2.37. The van der Waals surface area contributed by atoms with Gasteiger partial charge >= 0.3 is 0 Å². The SMILES string of the molecule is CCNC1CCC(N(C)CC2CCCOC2)CC1. The molecular formula is C15H30N2O. The molecule has 106 valence electrons. The zero-order valence-electron chi connectivity index (χ0n) is 12.2. The standard InChI is InChI=1S/C15H30N2O/c1-3-16-14-6-8-15(9-7-14)17(2)11-13-5-4-10-18-12-13/h13-16H,3-12H2,1-2H3. The van der Waals surface area contributed by atoms with E-state index in [0.29, 0.717) is 0 Å². The van der Waals surface area contributed by atoms with E-state index in [1.54, 1.807) is 0 Å². The van der Waals surface area contributed by atoms with Crippen LogP contribution in [-0.4, -0.2) is 50.3 Å². The Morgan fingerprint density at radius 3 is 2.56 bits per heavy atom. The van der Waals surface area contributed by atoms with E-state index in [-0.39, 0.29) is 0 Å². The Labute approximate surface area is 112 Å². The van der Waals surface area contributed by atoms with Crippen LogP contribution in [0.2, 0.25) is 0 Å². The zero-order chi connectivity index (χ0) is 12.8. The predicted octanol–water partition coefficient (Wildman–Crippen LogP) is 2.27. The number of nitrogens with one attached hydrogen (secondary N) is 1. The van der Waals surface area contributed by atoms with Gasteiger partial charge in [0.1, 0.15) is 0 Å². The molecule has 0 radical (unpaired) electrons. The lowest BCUT2D eigenvalue weighted by Crippen LogP contribution is -2.43. The van der Waals surface area contributed by atoms with Gasteiger partial charge in [0.2, 0.25) is 0 Å². The zero-order valence-corrected chi connectivity index (χ0v) is 12.2. The van der Waals surface area contributed by atoms with Gasteiger partial charge in [-0.05, 0) is 58.0 Å². The normalized spacial score (nSPS) is 33.8. The van der Waals surface area contributed by atoms with Gasteiger partial charge in [0.15, 0.2) is 0 Å². The van der Waals surface area contributed by atoms with Gasteiger partial charge < -0.3 is 15.0 Å². The second-order valence-electron chi connectivity index (χ2n) is 6.09. The topological polar surface area (TPSA) is 24.5 Å². The monoisotopic (exact) mass is 254 g/mol. The fraction of sp³-hybridized carbons (Fsp3) is 1.00. The van der Waals surface area contributed by atoms with Gasteiger partial charge in [-0.2, -0.15) is 0 Å². The molecule has 1 heterocycles. The molecule has 0 spiro atoms. The molecule has 2 rings (SSSR count). The van der Waals surface area contributed by atoms with E-state index >= 15 is 0 Å². The first kappa shape index (κ1) is 14.3. The summed E-state index contributed by atoms with van der Waals surface area (Å²) in [6, 6.07) is 1.58. The molecule has 2 fully saturated rings. The fourth-order valence-corrected chi connectivity index (χ4v) is 3.52. The Balaban J connectivity index is 1.68. The fourth-order valence-electron chi connectivity index (χ4n) is 3.52. The lowest BCUT2D eigenvalue weighted by molar-refractivity contribution is 0.0323. The first-order valence-electron chi connectivity index (χ1n) is 7.81. The van der Waals surface area contributed by atoms with Gasteiger partial charge in [0.25, 0.3) is 0 Å². The van der Waals surface area contributed by atoms with Crippen LogP contribution in [0.5, 0.6) is 0 Å². The first-order chi connectivity index (χ1) is 8.79. The molecule has 0 bridgehead atoms. The van der Waals surface area contributed by atoms with Gasteiger partial charge in [-0.25, -0.2) is 0 Å². The molecular weight excluding hydrogens is 224 g/mol. The van der Waals surface area contributed by atoms with Gasteiger partial charge in [-0.1, -0.05) is 6.92 Å². The van der Waals surface area contributed by atoms with Crippen LogP contribution in [0.3, 0.4) is 0 Å². The molecule has 1 atom stereocenters. The molecule has 1 unspecified atom stereocenters. The molecule has 1 aliphatic carbocycles. The van der Waals surface area contributed by atoms with Gasteiger partial charge in [0.05, 0.1) is 6.61 Å². The Kier molecular flexibility index (Phi) is 5.93. The number of hydrogen-bond acceptors (Lipinski definition) is 3. The highest BCUT2D eigenvalue weighted by Crippen LogP contribution is 2.24. The van der Waals surface area contributed by atoms with Gasteiger partial charge in [-0.3, -0.25) is 0 Å². The lowest BCUT2D eigenvalue weighted by atomic mass is 9.89. The second-order valence-corrected chi connectivity index (χ2v) is 6.09. The van der Waals surface area contributed by atoms with Crippen LogP contribution >= 0.6 is 0 Å². The largest absolute Gasteiger partial charge is 0.381 e. The van der Waals surface area contributed by atoms with Crippen molar-refractivity contribution in [3.05, 3.63) is 0 Å². The van der Waals surface area contributed by atoms with Crippen LogP contribution in [0.4, 0.5) is 0 Å². The number of rotatable bonds is 5. The Hall–Kier alpha value is -0.120. The Morgan fingerprint density at radius 2 is 1.94 bits per heavy atom. The van der Waals surface area contributed by atoms with E-state index in [1.165, 1.54) is 45.1 Å². The molecule has 0 aromatic heterocycles. The van der Waals surface area contributed by atoms with Crippen molar-refractivity contribution in [1.29, 1.82) is 0 Å². The molecule has 1 N–H and O–H groups in total. The molecule has 3 nitrogen and oxygen atoms in total. The molecule has 1 saturated heterocycles. The van der Waals surface area contributed by atoms with E-state index < -0.39 is 0 Å². The van der Waals surface area contributed by atoms with Crippen molar-refractivity contribution in [2.75, 3.05) is 33.4 Å². The predicted molar refractivity (Wildman–Crippen MR) is 75.9 cm³/mol. The molecule has 1 saturated carbocycles. The van der Waals surface area contributed by atoms with Crippen LogP contribution in [-0.2, 0) is 4.74 Å². The van der Waals surface area contributed by atoms with Gasteiger partial charge in [0, 0.05) is 25.2 Å². The summed E-state index contributed by atoms with van der Waals surface area (Å²) in [5, 5.41) is 3.59. The maximum atomic E-state index is 5.58. The second kappa shape index (κ2) is 7.46. The van der Waals surface area contributed by atoms with Crippen molar-refractivity contribution < 1.29 is 4.74 Å². The van der Waals surface area contributed by atoms with Crippen LogP contribution in [0.25, 0.3) is 0 Å². The molecule has 0 aromatic carbocycles. The van der Waals surface area contributed by atoms with Crippen molar-refractivity contribution in [2.24, 2.45) is 5.92 Å². The van der Waals surface area contributed by atoms with Crippen molar-refractivity contribution in [3.63, 3.8) is 0 Å². The Bertz CT molecular complexity index is 221. The number of nitrogens with zero attached hydrogens (tertiary/aromatic N) is 1. The molecule has 1 aliphatic heterocycles. The molecule has 2 aliphatic rings. The van der Waals surface area contributed by atoms with Gasteiger partial charge in [-0.15, -0.1) is 0 Å². The van der Waals surface area contributed by atoms with E-state index in [2.05, 4.69) is 24.2 Å². The third-order valence-corrected chi connectivity index (χ3v) is 4.61. The summed E-state index contributed by atoms with van der Waals surface area (Å²) in [5.41, 5.74) is 0. The van der Waals surface area contributed by atoms with Crippen molar-refractivity contribution in [2.45, 2.75) is 57.5 Å². The first-order valence-corrected chi connectivity index (χ1v) is 7.81. The summed E-state index contributed by atoms with van der Waals surface area (Å²) in [4.78, 5) is 2.60. The molecule has 18 heavy (non-hydrogen) atoms. The highest BCUT2D eigenvalue weighted by atomic mass is 16.5. The molecule has 3 heteroatoms. The summed E-state index contributed by atoms with van der Waals surface area (Å²) >= 11 is 0.